The van der Waals surface area contributed by atoms with E-state index in [1.165, 1.54) is 13.1 Å². The van der Waals surface area contributed by atoms with E-state index in [-0.39, 0.29) is 23.2 Å². The Labute approximate surface area is 177 Å². The molecule has 1 aliphatic heterocycles. The molecule has 0 radical (unpaired) electrons. The highest BCUT2D eigenvalue weighted by molar-refractivity contribution is 5.79. The molecule has 0 aromatic heterocycles. The molecule has 4 saturated carbocycles. The number of nitrogens with one attached hydrogen (secondary N) is 1. The lowest BCUT2D eigenvalue weighted by molar-refractivity contribution is -0.151. The van der Waals surface area contributed by atoms with Crippen molar-refractivity contribution < 1.29 is 18.7 Å². The Balaban J connectivity index is 1.39. The lowest BCUT2D eigenvalue weighted by atomic mass is 9.41. The van der Waals surface area contributed by atoms with Crippen LogP contribution in [0.4, 0.5) is 9.18 Å². The van der Waals surface area contributed by atoms with Gasteiger partial charge < -0.3 is 15.0 Å². The lowest BCUT2D eigenvalue weighted by Gasteiger charge is -2.64. The molecule has 1 aromatic carbocycles. The van der Waals surface area contributed by atoms with Gasteiger partial charge >= 0.3 is 6.09 Å². The van der Waals surface area contributed by atoms with Crippen LogP contribution in [0.5, 0.6) is 0 Å². The zero-order valence-electron chi connectivity index (χ0n) is 17.8. The quantitative estimate of drug-likeness (QED) is 0.817. The van der Waals surface area contributed by atoms with Gasteiger partial charge in [0.05, 0.1) is 13.1 Å². The van der Waals surface area contributed by atoms with Crippen molar-refractivity contribution in [3.05, 3.63) is 35.6 Å². The van der Waals surface area contributed by atoms with Crippen molar-refractivity contribution in [3.63, 3.8) is 0 Å². The molecule has 1 N–H and O–H groups in total. The van der Waals surface area contributed by atoms with Gasteiger partial charge in [-0.1, -0.05) is 19.1 Å². The van der Waals surface area contributed by atoms with Crippen LogP contribution in [0.25, 0.3) is 0 Å². The normalized spacial score (nSPS) is 37.0. The highest BCUT2D eigenvalue weighted by atomic mass is 19.1. The van der Waals surface area contributed by atoms with E-state index >= 15 is 0 Å². The maximum atomic E-state index is 14.2. The van der Waals surface area contributed by atoms with Crippen molar-refractivity contribution >= 4 is 12.0 Å². The maximum absolute atomic E-state index is 14.2. The van der Waals surface area contributed by atoms with Gasteiger partial charge in [0.15, 0.2) is 0 Å². The first-order valence-electron chi connectivity index (χ1n) is 11.3. The molecule has 4 bridgehead atoms. The Bertz CT molecular complexity index is 821. The summed E-state index contributed by atoms with van der Waals surface area (Å²) in [6.07, 6.45) is 4.35. The number of likely N-dealkylation sites (tertiary alicyclic amines) is 1. The third-order valence-corrected chi connectivity index (χ3v) is 8.78. The standard InChI is InChI=1S/C24H31FN2O3/c1-14-15-6-18-8-16(14)9-19(7-15)24(18,17-4-3-5-20(25)10-17)11-22(28)27-12-21(13-27)30-23(29)26-2/h3-5,10,14-16,18-19,21H,6-9,11-13H2,1-2H3,(H,26,29). The van der Waals surface area contributed by atoms with Gasteiger partial charge in [-0.3, -0.25) is 4.79 Å². The van der Waals surface area contributed by atoms with Gasteiger partial charge in [0.2, 0.25) is 5.91 Å². The lowest BCUT2D eigenvalue weighted by Crippen LogP contribution is -2.61. The molecule has 1 saturated heterocycles. The van der Waals surface area contributed by atoms with Crippen LogP contribution < -0.4 is 5.32 Å². The van der Waals surface area contributed by atoms with E-state index in [2.05, 4.69) is 12.2 Å². The van der Waals surface area contributed by atoms with E-state index in [9.17, 15) is 14.0 Å². The van der Waals surface area contributed by atoms with Crippen molar-refractivity contribution in [1.29, 1.82) is 0 Å². The molecular formula is C24H31FN2O3. The summed E-state index contributed by atoms with van der Waals surface area (Å²) in [5, 5.41) is 2.45. The van der Waals surface area contributed by atoms with Crippen LogP contribution in [0, 0.1) is 35.4 Å². The number of benzene rings is 1. The second-order valence-corrected chi connectivity index (χ2v) is 10.0. The number of carbonyl (C=O) groups excluding carboxylic acids is 2. The first-order chi connectivity index (χ1) is 14.4. The minimum absolute atomic E-state index is 0.108. The summed E-state index contributed by atoms with van der Waals surface area (Å²) in [6.45, 7) is 3.29. The molecule has 5 fully saturated rings. The van der Waals surface area contributed by atoms with Crippen molar-refractivity contribution in [2.75, 3.05) is 20.1 Å². The number of amides is 2. The third-order valence-electron chi connectivity index (χ3n) is 8.78. The highest BCUT2D eigenvalue weighted by Gasteiger charge is 2.60. The maximum Gasteiger partial charge on any atom is 0.407 e. The topological polar surface area (TPSA) is 58.6 Å². The molecule has 1 aromatic rings. The number of nitrogens with zero attached hydrogens (tertiary/aromatic N) is 1. The van der Waals surface area contributed by atoms with Crippen LogP contribution in [0.15, 0.2) is 24.3 Å². The zero-order valence-corrected chi connectivity index (χ0v) is 17.8. The number of rotatable bonds is 4. The van der Waals surface area contributed by atoms with E-state index in [1.807, 2.05) is 6.07 Å². The predicted octanol–water partition coefficient (Wildman–Crippen LogP) is 3.72. The van der Waals surface area contributed by atoms with E-state index in [0.717, 1.165) is 49.0 Å². The van der Waals surface area contributed by atoms with Crippen LogP contribution in [-0.2, 0) is 14.9 Å². The zero-order chi connectivity index (χ0) is 21.0. The number of halogens is 1. The largest absolute Gasteiger partial charge is 0.442 e. The smallest absolute Gasteiger partial charge is 0.407 e. The molecule has 5 aliphatic rings. The number of hydrogen-bond donors (Lipinski definition) is 1. The Hall–Kier alpha value is -2.11. The molecule has 0 spiro atoms. The van der Waals surface area contributed by atoms with E-state index in [0.29, 0.717) is 31.3 Å². The molecular weight excluding hydrogens is 383 g/mol. The monoisotopic (exact) mass is 414 g/mol. The minimum Gasteiger partial charge on any atom is -0.442 e. The number of hydrogen-bond acceptors (Lipinski definition) is 3. The van der Waals surface area contributed by atoms with Gasteiger partial charge in [-0.05, 0) is 73.0 Å². The summed E-state index contributed by atoms with van der Waals surface area (Å²) < 4.78 is 19.5. The van der Waals surface area contributed by atoms with Gasteiger partial charge in [0.25, 0.3) is 0 Å². The number of ether oxygens (including phenoxy) is 1. The van der Waals surface area contributed by atoms with Gasteiger partial charge in [-0.2, -0.15) is 0 Å². The van der Waals surface area contributed by atoms with Crippen molar-refractivity contribution in [2.24, 2.45) is 29.6 Å². The third kappa shape index (κ3) is 3.02. The predicted molar refractivity (Wildman–Crippen MR) is 110 cm³/mol. The summed E-state index contributed by atoms with van der Waals surface area (Å²) in [5.74, 6) is 3.05. The van der Waals surface area contributed by atoms with Crippen molar-refractivity contribution in [2.45, 2.75) is 50.5 Å². The molecule has 30 heavy (non-hydrogen) atoms. The second kappa shape index (κ2) is 7.24. The Kier molecular flexibility index (Phi) is 4.79. The molecule has 0 atom stereocenters. The molecule has 6 heteroatoms. The first-order valence-corrected chi connectivity index (χ1v) is 11.3. The SMILES string of the molecule is CNC(=O)OC1CN(C(=O)CC2(c3cccc(F)c3)C3CC4CC2CC(C3)C4C)C1. The summed E-state index contributed by atoms with van der Waals surface area (Å²) in [7, 11) is 1.53. The molecule has 2 amide bonds. The van der Waals surface area contributed by atoms with E-state index in [1.54, 1.807) is 17.0 Å². The summed E-state index contributed by atoms with van der Waals surface area (Å²) in [6, 6.07) is 7.00. The summed E-state index contributed by atoms with van der Waals surface area (Å²) in [5.41, 5.74) is 0.745. The molecule has 1 heterocycles. The molecule has 0 unspecified atom stereocenters. The Morgan fingerprint density at radius 2 is 1.80 bits per heavy atom. The first kappa shape index (κ1) is 19.8. The number of carbonyl (C=O) groups is 2. The van der Waals surface area contributed by atoms with E-state index in [4.69, 9.17) is 4.74 Å². The average Bonchev–Trinajstić information content (AvgIpc) is 2.68. The van der Waals surface area contributed by atoms with Crippen LogP contribution in [0.2, 0.25) is 0 Å². The second-order valence-electron chi connectivity index (χ2n) is 10.0. The minimum atomic E-state index is -0.460. The van der Waals surface area contributed by atoms with Crippen LogP contribution in [0.1, 0.15) is 44.6 Å². The number of alkyl carbamates (subject to hydrolysis) is 1. The molecule has 162 valence electrons. The van der Waals surface area contributed by atoms with Crippen molar-refractivity contribution in [3.8, 4) is 0 Å². The van der Waals surface area contributed by atoms with Gasteiger partial charge in [-0.15, -0.1) is 0 Å². The fraction of sp³-hybridized carbons (Fsp3) is 0.667. The van der Waals surface area contributed by atoms with E-state index < -0.39 is 6.09 Å². The fourth-order valence-corrected chi connectivity index (χ4v) is 7.19. The van der Waals surface area contributed by atoms with Gasteiger partial charge in [-0.25, -0.2) is 9.18 Å². The molecule has 6 rings (SSSR count). The fourth-order valence-electron chi connectivity index (χ4n) is 7.19. The summed E-state index contributed by atoms with van der Waals surface area (Å²) in [4.78, 5) is 26.5. The Morgan fingerprint density at radius 1 is 1.17 bits per heavy atom. The van der Waals surface area contributed by atoms with Crippen LogP contribution in [0.3, 0.4) is 0 Å². The van der Waals surface area contributed by atoms with Gasteiger partial charge in [0.1, 0.15) is 11.9 Å². The Morgan fingerprint density at radius 3 is 2.37 bits per heavy atom. The van der Waals surface area contributed by atoms with Crippen LogP contribution in [-0.4, -0.2) is 43.1 Å². The van der Waals surface area contributed by atoms with Crippen LogP contribution >= 0.6 is 0 Å². The van der Waals surface area contributed by atoms with Gasteiger partial charge in [0, 0.05) is 18.9 Å². The average molecular weight is 415 g/mol. The van der Waals surface area contributed by atoms with Crippen molar-refractivity contribution in [1.82, 2.24) is 10.2 Å². The molecule has 4 aliphatic carbocycles. The molecule has 5 nitrogen and oxygen atoms in total. The summed E-state index contributed by atoms with van der Waals surface area (Å²) >= 11 is 0. The highest BCUT2D eigenvalue weighted by Crippen LogP contribution is 2.65.